The fraction of sp³-hybridized carbons (Fsp3) is 0.683. The van der Waals surface area contributed by atoms with Gasteiger partial charge in [-0.25, -0.2) is 4.99 Å². The second-order valence-electron chi connectivity index (χ2n) is 21.8. The number of thiol groups is 1. The van der Waals surface area contributed by atoms with E-state index in [0.29, 0.717) is 82.2 Å². The smallest absolute Gasteiger partial charge is 0.290 e. The van der Waals surface area contributed by atoms with Gasteiger partial charge in [-0.05, 0) is 44.9 Å². The summed E-state index contributed by atoms with van der Waals surface area (Å²) in [5, 5.41) is 35.7. The number of piperazine rings is 1. The molecule has 2 aromatic rings. The Bertz CT molecular complexity index is 2460. The summed E-state index contributed by atoms with van der Waals surface area (Å²) >= 11 is 4.42. The van der Waals surface area contributed by atoms with E-state index < -0.39 is 35.5 Å². The number of hydrogen-bond acceptors (Lipinski definition) is 18. The molecule has 2 aliphatic rings. The zero-order valence-electron chi connectivity index (χ0n) is 54.4. The number of amides is 6. The Morgan fingerprint density at radius 1 is 0.920 bits per heavy atom. The molecule has 4 rings (SSSR count). The van der Waals surface area contributed by atoms with Crippen molar-refractivity contribution < 1.29 is 62.8 Å². The normalized spacial score (nSPS) is 16.3. The molecule has 2 aliphatic heterocycles. The number of nitrogens with one attached hydrogen (secondary N) is 2. The highest BCUT2D eigenvalue weighted by atomic mass is 32.2. The molecule has 0 radical (unpaired) electrons. The van der Waals surface area contributed by atoms with Gasteiger partial charge in [0.05, 0.1) is 61.2 Å². The minimum atomic E-state index is -0.758. The zero-order chi connectivity index (χ0) is 67.1. The van der Waals surface area contributed by atoms with Gasteiger partial charge >= 0.3 is 0 Å². The number of guanidine groups is 1. The summed E-state index contributed by atoms with van der Waals surface area (Å²) < 4.78 is 13.6. The first-order valence-electron chi connectivity index (χ1n) is 29.5. The highest BCUT2D eigenvalue weighted by Crippen LogP contribution is 2.30. The number of carboxylic acid groups (broad SMARTS) is 1. The van der Waals surface area contributed by atoms with Gasteiger partial charge in [-0.15, -0.1) is 16.9 Å². The summed E-state index contributed by atoms with van der Waals surface area (Å²) in [6.45, 7) is 17.9. The monoisotopic (exact) mass is 1280 g/mol. The van der Waals surface area contributed by atoms with E-state index in [0.717, 1.165) is 26.2 Å². The van der Waals surface area contributed by atoms with Crippen molar-refractivity contribution in [3.8, 4) is 5.40 Å². The van der Waals surface area contributed by atoms with E-state index in [1.165, 1.54) is 41.7 Å². The Labute approximate surface area is 531 Å². The van der Waals surface area contributed by atoms with Crippen LogP contribution in [0.15, 0.2) is 41.5 Å². The number of thioether (sulfide) groups is 1. The standard InChI is InChI=1S/C50H86N12O10S.C7H8.CHNS.CH2O2.CH4O/c1-14-34(4)45(40(71-12)29-43(67)62-22-15-17-39(62)46(72-13)36(6)47(68)51-20-28-64)58(11)49(70)44(33(2)3)53-50(56(8)9)60-25-23-59(24-26-60)42(66)18-16-21-61-31-38(54-55-61)30-57(10)48(69)41(19-27-63)73-32-35(5)52-37(7)65;1-7-5-3-2-4-6-7;2*2-1-3;1-2/h27-28,31,33-36,39-41,44-46H,14-26,29-30,32H2,1-13H3,(H,51,68)(H,52,65);2-6H,1H3;3H;1H,(H,2,3);2H,1H3/t34?,35?,36?,39?,40?,41?,44-,45?,46?;;;;/m0..../s1. The first-order valence-corrected chi connectivity index (χ1v) is 31.0. The summed E-state index contributed by atoms with van der Waals surface area (Å²) in [5.74, 6) is -0.739. The topological polar surface area (TPSA) is 323 Å². The first kappa shape index (κ1) is 81.3. The van der Waals surface area contributed by atoms with Crippen LogP contribution in [0, 0.1) is 35.3 Å². The van der Waals surface area contributed by atoms with Gasteiger partial charge in [-0.2, -0.15) is 5.26 Å². The molecule has 1 aromatic heterocycles. The molecule has 496 valence electrons. The van der Waals surface area contributed by atoms with Crippen LogP contribution in [0.2, 0.25) is 0 Å². The molecule has 3 heterocycles. The number of aromatic nitrogens is 3. The summed E-state index contributed by atoms with van der Waals surface area (Å²) in [4.78, 5) is 126. The zero-order valence-corrected chi connectivity index (χ0v) is 56.2. The third-order valence-corrected chi connectivity index (χ3v) is 16.2. The molecule has 26 nitrogen and oxygen atoms in total. The first-order chi connectivity index (χ1) is 41.9. The van der Waals surface area contributed by atoms with E-state index in [2.05, 4.69) is 64.5 Å². The van der Waals surface area contributed by atoms with Crippen molar-refractivity contribution in [1.82, 2.24) is 55.0 Å². The van der Waals surface area contributed by atoms with Crippen LogP contribution in [0.4, 0.5) is 0 Å². The Morgan fingerprint density at radius 2 is 1.52 bits per heavy atom. The molecule has 9 atom stereocenters. The van der Waals surface area contributed by atoms with Gasteiger partial charge in [0.2, 0.25) is 35.4 Å². The van der Waals surface area contributed by atoms with Crippen LogP contribution < -0.4 is 10.6 Å². The van der Waals surface area contributed by atoms with Gasteiger partial charge in [0, 0.05) is 120 Å². The second-order valence-corrected chi connectivity index (χ2v) is 23.3. The van der Waals surface area contributed by atoms with Crippen molar-refractivity contribution in [1.29, 1.82) is 5.26 Å². The fourth-order valence-corrected chi connectivity index (χ4v) is 11.4. The molecule has 88 heavy (non-hydrogen) atoms. The van der Waals surface area contributed by atoms with Gasteiger partial charge in [0.1, 0.15) is 29.7 Å². The number of thiocyanates is 1. The van der Waals surface area contributed by atoms with Crippen LogP contribution in [0.1, 0.15) is 105 Å². The van der Waals surface area contributed by atoms with Crippen LogP contribution >= 0.6 is 24.4 Å². The minimum absolute atomic E-state index is 0.0151. The third-order valence-electron chi connectivity index (χ3n) is 14.7. The molecule has 2 saturated heterocycles. The summed E-state index contributed by atoms with van der Waals surface area (Å²) in [6.07, 6.45) is 4.90. The number of nitrogens with zero attached hydrogens (tertiary/aromatic N) is 11. The number of ether oxygens (including phenoxy) is 2. The average molecular weight is 1280 g/mol. The number of hydrogen-bond donors (Lipinski definition) is 5. The molecular formula is C60H101N13O13S2. The van der Waals surface area contributed by atoms with Crippen LogP contribution in [-0.2, 0) is 65.7 Å². The Hall–Kier alpha value is -6.67. The molecule has 0 aliphatic carbocycles. The number of likely N-dealkylation sites (tertiary alicyclic amines) is 1. The number of aliphatic hydroxyl groups excluding tert-OH is 1. The predicted octanol–water partition coefficient (Wildman–Crippen LogP) is 3.26. The van der Waals surface area contributed by atoms with Crippen LogP contribution in [0.3, 0.4) is 0 Å². The molecule has 0 bridgehead atoms. The van der Waals surface area contributed by atoms with Crippen molar-refractivity contribution in [2.75, 3.05) is 94.5 Å². The van der Waals surface area contributed by atoms with E-state index in [9.17, 15) is 38.4 Å². The van der Waals surface area contributed by atoms with Gasteiger partial charge < -0.3 is 69.3 Å². The molecule has 28 heteroatoms. The molecule has 0 spiro atoms. The number of aliphatic imine (C=N–C) groups is 1. The lowest BCUT2D eigenvalue weighted by Crippen LogP contribution is -2.56. The van der Waals surface area contributed by atoms with Crippen molar-refractivity contribution in [2.45, 2.75) is 155 Å². The molecule has 6 amide bonds. The van der Waals surface area contributed by atoms with Crippen molar-refractivity contribution in [3.05, 3.63) is 47.8 Å². The summed E-state index contributed by atoms with van der Waals surface area (Å²) in [5.41, 5.74) is 1.90. The lowest BCUT2D eigenvalue weighted by Gasteiger charge is -2.41. The van der Waals surface area contributed by atoms with Crippen LogP contribution in [0.5, 0.6) is 0 Å². The maximum absolute atomic E-state index is 14.7. The lowest BCUT2D eigenvalue weighted by molar-refractivity contribution is -0.146. The molecule has 2 fully saturated rings. The van der Waals surface area contributed by atoms with Crippen molar-refractivity contribution in [2.24, 2.45) is 22.7 Å². The highest BCUT2D eigenvalue weighted by molar-refractivity contribution is 8.00. The number of carbonyl (C=O) groups excluding carboxylic acids is 8. The molecule has 8 unspecified atom stereocenters. The fourth-order valence-electron chi connectivity index (χ4n) is 10.2. The Balaban J connectivity index is 0.00000448. The van der Waals surface area contributed by atoms with Gasteiger partial charge in [-0.3, -0.25) is 38.2 Å². The summed E-state index contributed by atoms with van der Waals surface area (Å²) in [7, 11) is 11.3. The Kier molecular flexibility index (Phi) is 42.1. The molecule has 1 aromatic carbocycles. The summed E-state index contributed by atoms with van der Waals surface area (Å²) in [6, 6.07) is 8.53. The van der Waals surface area contributed by atoms with E-state index in [4.69, 9.17) is 34.7 Å². The maximum atomic E-state index is 14.7. The van der Waals surface area contributed by atoms with Gasteiger partial charge in [-0.1, -0.05) is 94.8 Å². The molecule has 4 N–H and O–H groups in total. The number of benzene rings is 1. The average Bonchev–Trinajstić information content (AvgIpc) is 3.19. The number of nitriles is 1. The van der Waals surface area contributed by atoms with Crippen LogP contribution in [0.25, 0.3) is 0 Å². The Morgan fingerprint density at radius 3 is 2.02 bits per heavy atom. The molecule has 0 saturated carbocycles. The molecular weight excluding hydrogens is 1170 g/mol. The number of likely N-dealkylation sites (N-methyl/N-ethyl adjacent to an activating group) is 1. The van der Waals surface area contributed by atoms with E-state index in [1.807, 2.05) is 69.8 Å². The third kappa shape index (κ3) is 28.7. The highest BCUT2D eigenvalue weighted by Gasteiger charge is 2.43. The lowest BCUT2D eigenvalue weighted by atomic mass is 9.89. The number of aldehydes is 2. The minimum Gasteiger partial charge on any atom is -0.483 e. The van der Waals surface area contributed by atoms with Crippen molar-refractivity contribution in [3.63, 3.8) is 0 Å². The number of rotatable bonds is 29. The maximum Gasteiger partial charge on any atom is 0.290 e. The van der Waals surface area contributed by atoms with Crippen LogP contribution in [-0.4, -0.2) is 251 Å². The van der Waals surface area contributed by atoms with Gasteiger partial charge in [0.25, 0.3) is 6.47 Å². The largest absolute Gasteiger partial charge is 0.483 e. The predicted molar refractivity (Wildman–Crippen MR) is 342 cm³/mol. The van der Waals surface area contributed by atoms with E-state index >= 15 is 0 Å². The number of aliphatic hydroxyl groups is 1. The van der Waals surface area contributed by atoms with Gasteiger partial charge in [0.15, 0.2) is 5.96 Å². The van der Waals surface area contributed by atoms with E-state index in [-0.39, 0.29) is 91.8 Å². The number of aryl methyl sites for hydroxylation is 2. The number of methoxy groups -OCH3 is 2. The van der Waals surface area contributed by atoms with Crippen molar-refractivity contribution >= 4 is 84.8 Å². The van der Waals surface area contributed by atoms with E-state index in [1.54, 1.807) is 48.8 Å². The number of carbonyl (C=O) groups is 9. The quantitative estimate of drug-likeness (QED) is 0.0257. The SMILES string of the molecule is CCC(C)C(C(CC(=O)N1CCCC1C(OC)C(C)C(=O)NCC=O)OC)N(C)C(=O)[C@@H](N=C(N(C)C)N1CCN(C(=O)CCCn2cc(CN(C)C(=O)C(CC=O)SCC(C)NC(C)=O)nn2)CC1)C(C)C.CO.Cc1ccccc1.N#CS.O=CO. The second kappa shape index (κ2) is 45.6.